The molecule has 1 aromatic carbocycles. The monoisotopic (exact) mass is 513 g/mol. The van der Waals surface area contributed by atoms with Gasteiger partial charge in [0.05, 0.1) is 43.1 Å². The van der Waals surface area contributed by atoms with Gasteiger partial charge in [-0.05, 0) is 54.4 Å². The van der Waals surface area contributed by atoms with E-state index in [9.17, 15) is 9.59 Å². The normalized spacial score (nSPS) is 11.8. The predicted molar refractivity (Wildman–Crippen MR) is 121 cm³/mol. The van der Waals surface area contributed by atoms with Gasteiger partial charge >= 0.3 is 11.9 Å². The quantitative estimate of drug-likeness (QED) is 0.274. The van der Waals surface area contributed by atoms with Crippen LogP contribution in [0, 0.1) is 0 Å². The summed E-state index contributed by atoms with van der Waals surface area (Å²) < 4.78 is 21.6. The molecule has 0 saturated heterocycles. The Labute approximate surface area is 192 Å². The van der Waals surface area contributed by atoms with E-state index in [0.29, 0.717) is 33.4 Å². The summed E-state index contributed by atoms with van der Waals surface area (Å²) >= 11 is 4.77. The Morgan fingerprint density at radius 3 is 2.71 bits per heavy atom. The van der Waals surface area contributed by atoms with Gasteiger partial charge < -0.3 is 18.9 Å². The first-order valence-electron chi connectivity index (χ1n) is 9.47. The van der Waals surface area contributed by atoms with E-state index in [4.69, 9.17) is 18.9 Å². The molecule has 0 aliphatic rings. The summed E-state index contributed by atoms with van der Waals surface area (Å²) in [5.41, 5.74) is 4.16. The SMILES string of the molecule is CCOC(=O)Cc1csc(NN=Cc2cc(Br)c(OC(C)C(=O)OCC)c(OC)c2)n1. The first kappa shape index (κ1) is 24.6. The number of carbonyl (C=O) groups is 2. The van der Waals surface area contributed by atoms with E-state index in [1.165, 1.54) is 18.4 Å². The number of aromatic nitrogens is 1. The van der Waals surface area contributed by atoms with Crippen LogP contribution in [0.25, 0.3) is 0 Å². The number of halogens is 1. The number of hydrogen-bond donors (Lipinski definition) is 1. The lowest BCUT2D eigenvalue weighted by Gasteiger charge is -2.17. The van der Waals surface area contributed by atoms with Crippen LogP contribution in [0.4, 0.5) is 5.13 Å². The van der Waals surface area contributed by atoms with Gasteiger partial charge in [0.15, 0.2) is 17.6 Å². The van der Waals surface area contributed by atoms with E-state index in [0.717, 1.165) is 5.56 Å². The zero-order valence-electron chi connectivity index (χ0n) is 17.6. The Morgan fingerprint density at radius 1 is 1.29 bits per heavy atom. The van der Waals surface area contributed by atoms with Crippen molar-refractivity contribution in [3.63, 3.8) is 0 Å². The number of anilines is 1. The van der Waals surface area contributed by atoms with Gasteiger partial charge in [0, 0.05) is 5.38 Å². The summed E-state index contributed by atoms with van der Waals surface area (Å²) in [5, 5.41) is 6.48. The van der Waals surface area contributed by atoms with Crippen LogP contribution < -0.4 is 14.9 Å². The van der Waals surface area contributed by atoms with Crippen molar-refractivity contribution < 1.29 is 28.5 Å². The maximum atomic E-state index is 11.8. The van der Waals surface area contributed by atoms with Crippen LogP contribution in [-0.4, -0.2) is 49.6 Å². The number of thiazole rings is 1. The maximum absolute atomic E-state index is 11.8. The Bertz CT molecular complexity index is 934. The van der Waals surface area contributed by atoms with Gasteiger partial charge in [0.25, 0.3) is 0 Å². The molecule has 2 rings (SSSR count). The van der Waals surface area contributed by atoms with Crippen LogP contribution in [0.5, 0.6) is 11.5 Å². The average Bonchev–Trinajstić information content (AvgIpc) is 3.16. The molecule has 0 aliphatic carbocycles. The lowest BCUT2D eigenvalue weighted by Crippen LogP contribution is -2.26. The van der Waals surface area contributed by atoms with Crippen LogP contribution >= 0.6 is 27.3 Å². The number of hydrazone groups is 1. The molecule has 168 valence electrons. The Hall–Kier alpha value is -2.66. The summed E-state index contributed by atoms with van der Waals surface area (Å²) in [6, 6.07) is 3.49. The molecule has 0 spiro atoms. The summed E-state index contributed by atoms with van der Waals surface area (Å²) in [6.45, 7) is 5.71. The maximum Gasteiger partial charge on any atom is 0.347 e. The highest BCUT2D eigenvalue weighted by Gasteiger charge is 2.20. The smallest absolute Gasteiger partial charge is 0.347 e. The van der Waals surface area contributed by atoms with Crippen molar-refractivity contribution in [1.29, 1.82) is 0 Å². The van der Waals surface area contributed by atoms with Crippen molar-refractivity contribution in [2.24, 2.45) is 5.10 Å². The van der Waals surface area contributed by atoms with Gasteiger partial charge in [0.2, 0.25) is 5.13 Å². The number of hydrogen-bond acceptors (Lipinski definition) is 10. The molecule has 0 aliphatic heterocycles. The fraction of sp³-hybridized carbons (Fsp3) is 0.400. The lowest BCUT2D eigenvalue weighted by molar-refractivity contribution is -0.150. The number of ether oxygens (including phenoxy) is 4. The summed E-state index contributed by atoms with van der Waals surface area (Å²) in [6.07, 6.45) is 0.907. The average molecular weight is 514 g/mol. The number of nitrogens with zero attached hydrogens (tertiary/aromatic N) is 2. The predicted octanol–water partition coefficient (Wildman–Crippen LogP) is 3.80. The van der Waals surface area contributed by atoms with Crippen LogP contribution in [0.2, 0.25) is 0 Å². The van der Waals surface area contributed by atoms with E-state index in [2.05, 4.69) is 31.4 Å². The van der Waals surface area contributed by atoms with Crippen molar-refractivity contribution in [3.8, 4) is 11.5 Å². The van der Waals surface area contributed by atoms with Gasteiger partial charge in [-0.25, -0.2) is 9.78 Å². The Kier molecular flexibility index (Phi) is 9.73. The highest BCUT2D eigenvalue weighted by atomic mass is 79.9. The second kappa shape index (κ2) is 12.3. The Balaban J connectivity index is 2.04. The molecule has 31 heavy (non-hydrogen) atoms. The van der Waals surface area contributed by atoms with E-state index in [1.807, 2.05) is 0 Å². The highest BCUT2D eigenvalue weighted by Crippen LogP contribution is 2.37. The summed E-state index contributed by atoms with van der Waals surface area (Å²) in [7, 11) is 1.50. The van der Waals surface area contributed by atoms with Gasteiger partial charge in [-0.2, -0.15) is 5.10 Å². The van der Waals surface area contributed by atoms with Gasteiger partial charge in [0.1, 0.15) is 0 Å². The molecular formula is C20H24BrN3O6S. The number of benzene rings is 1. The molecule has 1 N–H and O–H groups in total. The zero-order chi connectivity index (χ0) is 22.8. The van der Waals surface area contributed by atoms with Crippen molar-refractivity contribution in [3.05, 3.63) is 33.2 Å². The molecule has 0 saturated carbocycles. The van der Waals surface area contributed by atoms with E-state index in [-0.39, 0.29) is 19.0 Å². The second-order valence-corrected chi connectivity index (χ2v) is 7.75. The van der Waals surface area contributed by atoms with Gasteiger partial charge in [-0.1, -0.05) is 0 Å². The highest BCUT2D eigenvalue weighted by molar-refractivity contribution is 9.10. The van der Waals surface area contributed by atoms with Crippen molar-refractivity contribution in [1.82, 2.24) is 4.98 Å². The molecule has 2 aromatic rings. The summed E-state index contributed by atoms with van der Waals surface area (Å²) in [4.78, 5) is 27.6. The number of rotatable bonds is 11. The molecule has 0 bridgehead atoms. The molecule has 9 nitrogen and oxygen atoms in total. The molecule has 0 radical (unpaired) electrons. The standard InChI is InChI=1S/C20H24BrN3O6S/c1-5-28-17(25)9-14-11-31-20(23-14)24-22-10-13-7-15(21)18(16(8-13)27-4)30-12(3)19(26)29-6-2/h7-8,10-12H,5-6,9H2,1-4H3,(H,23,24). The largest absolute Gasteiger partial charge is 0.493 e. The van der Waals surface area contributed by atoms with Gasteiger partial charge in [-0.3, -0.25) is 10.2 Å². The minimum absolute atomic E-state index is 0.117. The molecule has 1 atom stereocenters. The number of carbonyl (C=O) groups excluding carboxylic acids is 2. The third kappa shape index (κ3) is 7.51. The van der Waals surface area contributed by atoms with E-state index < -0.39 is 12.1 Å². The lowest BCUT2D eigenvalue weighted by atomic mass is 10.2. The van der Waals surface area contributed by atoms with Crippen molar-refractivity contribution in [2.45, 2.75) is 33.3 Å². The fourth-order valence-corrected chi connectivity index (χ4v) is 3.59. The van der Waals surface area contributed by atoms with E-state index in [1.54, 1.807) is 44.5 Å². The molecular weight excluding hydrogens is 490 g/mol. The molecule has 1 unspecified atom stereocenters. The van der Waals surface area contributed by atoms with Crippen molar-refractivity contribution in [2.75, 3.05) is 25.7 Å². The second-order valence-electron chi connectivity index (χ2n) is 6.04. The van der Waals surface area contributed by atoms with Crippen LogP contribution in [0.3, 0.4) is 0 Å². The molecule has 1 heterocycles. The zero-order valence-corrected chi connectivity index (χ0v) is 20.0. The molecule has 1 aromatic heterocycles. The third-order valence-electron chi connectivity index (χ3n) is 3.72. The van der Waals surface area contributed by atoms with Crippen LogP contribution in [0.15, 0.2) is 27.1 Å². The number of methoxy groups -OCH3 is 1. The minimum atomic E-state index is -0.792. The van der Waals surface area contributed by atoms with E-state index >= 15 is 0 Å². The number of nitrogens with one attached hydrogen (secondary N) is 1. The molecule has 0 amide bonds. The molecule has 11 heteroatoms. The van der Waals surface area contributed by atoms with Crippen molar-refractivity contribution >= 4 is 50.6 Å². The Morgan fingerprint density at radius 2 is 2.03 bits per heavy atom. The van der Waals surface area contributed by atoms with Gasteiger partial charge in [-0.15, -0.1) is 11.3 Å². The number of esters is 2. The first-order chi connectivity index (χ1) is 14.9. The molecule has 0 fully saturated rings. The summed E-state index contributed by atoms with van der Waals surface area (Å²) in [5.74, 6) is 0.0334. The van der Waals surface area contributed by atoms with Crippen LogP contribution in [0.1, 0.15) is 32.0 Å². The fourth-order valence-electron chi connectivity index (χ4n) is 2.37. The van der Waals surface area contributed by atoms with Crippen LogP contribution in [-0.2, 0) is 25.5 Å². The topological polar surface area (TPSA) is 108 Å². The first-order valence-corrected chi connectivity index (χ1v) is 11.1. The third-order valence-corrected chi connectivity index (χ3v) is 5.11. The minimum Gasteiger partial charge on any atom is -0.493 e.